The summed E-state index contributed by atoms with van der Waals surface area (Å²) in [5.41, 5.74) is 8.31. The topological polar surface area (TPSA) is 210 Å². The Kier molecular flexibility index (Phi) is 13.4. The van der Waals surface area contributed by atoms with E-state index >= 15 is 0 Å². The van der Waals surface area contributed by atoms with Crippen LogP contribution in [0.3, 0.4) is 0 Å². The number of amides is 1. The number of esters is 2. The van der Waals surface area contributed by atoms with Crippen LogP contribution in [-0.2, 0) is 61.9 Å². The number of aryl methyl sites for hydroxylation is 3. The molecule has 0 saturated carbocycles. The number of carbonyl (C=O) groups excluding carboxylic acids is 3. The van der Waals surface area contributed by atoms with E-state index in [4.69, 9.17) is 29.4 Å². The van der Waals surface area contributed by atoms with Gasteiger partial charge in [-0.05, 0) is 50.8 Å². The maximum absolute atomic E-state index is 13.8. The molecule has 0 unspecified atom stereocenters. The zero-order valence-electron chi connectivity index (χ0n) is 31.6. The summed E-state index contributed by atoms with van der Waals surface area (Å²) in [5.74, 6) is -5.84. The van der Waals surface area contributed by atoms with E-state index in [1.807, 2.05) is 39.8 Å². The fraction of sp³-hybridized carbons (Fsp3) is 0.375. The Morgan fingerprint density at radius 1 is 0.945 bits per heavy atom. The molecule has 0 fully saturated rings. The van der Waals surface area contributed by atoms with Crippen molar-refractivity contribution in [3.8, 4) is 0 Å². The Morgan fingerprint density at radius 2 is 1.64 bits per heavy atom. The van der Waals surface area contributed by atoms with Crippen LogP contribution in [0, 0.1) is 13.8 Å². The number of hydrogen-bond acceptors (Lipinski definition) is 9. The monoisotopic (exact) mass is 843 g/mol. The summed E-state index contributed by atoms with van der Waals surface area (Å²) in [6, 6.07) is 3.80. The first-order valence-corrected chi connectivity index (χ1v) is 17.5. The van der Waals surface area contributed by atoms with Crippen LogP contribution in [0.2, 0.25) is 0 Å². The van der Waals surface area contributed by atoms with Crippen molar-refractivity contribution in [1.82, 2.24) is 25.3 Å². The van der Waals surface area contributed by atoms with E-state index in [0.29, 0.717) is 51.3 Å². The number of nitrogens with one attached hydrogen (secondary N) is 1. The van der Waals surface area contributed by atoms with Gasteiger partial charge in [-0.25, -0.2) is 14.6 Å². The number of ether oxygens (including phenoxy) is 2. The van der Waals surface area contributed by atoms with Gasteiger partial charge in [-0.1, -0.05) is 55.3 Å². The average Bonchev–Trinajstić information content (AvgIpc) is 3.81. The van der Waals surface area contributed by atoms with Crippen LogP contribution in [0.1, 0.15) is 107 Å². The maximum atomic E-state index is 13.8. The molecule has 55 heavy (non-hydrogen) atoms. The second-order valence-electron chi connectivity index (χ2n) is 13.4. The number of nitrogens with zero attached hydrogens (tertiary/aromatic N) is 4. The molecule has 8 bridgehead atoms. The number of aromatic nitrogens is 4. The zero-order valence-corrected chi connectivity index (χ0v) is 33.2. The molecule has 292 valence electrons. The third-order valence-corrected chi connectivity index (χ3v) is 10.2. The maximum Gasteiger partial charge on any atom is 2.00 e. The molecule has 0 spiro atoms. The number of methoxy groups -OCH3 is 2. The predicted molar refractivity (Wildman–Crippen MR) is 200 cm³/mol. The Hall–Kier alpha value is -5.39. The SMILES string of the molecule is C=CC1=C(C)c2cc3nc(c(CC(=O)N[C@@H](CC(=O)O)C(=O)O)c4[n-]c(cc5[n-]c(cc1n2)c(C)c5CC)c(C)c4C(=O)OC)[C@@H](CCC(=O)OC)[C@@H]3C.[Pd+2]. The number of fused-ring (bicyclic) bond motifs is 8. The van der Waals surface area contributed by atoms with Crippen LogP contribution >= 0.6 is 0 Å². The van der Waals surface area contributed by atoms with Gasteiger partial charge in [0.15, 0.2) is 0 Å². The Balaban J connectivity index is 0.00000673. The molecule has 0 saturated heterocycles. The number of carboxylic acid groups (broad SMARTS) is 2. The predicted octanol–water partition coefficient (Wildman–Crippen LogP) is 5.08. The van der Waals surface area contributed by atoms with Gasteiger partial charge in [0.05, 0.1) is 38.4 Å². The summed E-state index contributed by atoms with van der Waals surface area (Å²) < 4.78 is 10.2. The van der Waals surface area contributed by atoms with Crippen LogP contribution in [0.4, 0.5) is 0 Å². The fourth-order valence-corrected chi connectivity index (χ4v) is 7.18. The molecule has 5 heterocycles. The number of rotatable bonds is 12. The minimum Gasteiger partial charge on any atom is -0.657 e. The van der Waals surface area contributed by atoms with Crippen molar-refractivity contribution in [2.45, 2.75) is 84.6 Å². The van der Waals surface area contributed by atoms with Crippen molar-refractivity contribution >= 4 is 63.0 Å². The van der Waals surface area contributed by atoms with E-state index in [1.165, 1.54) is 14.2 Å². The van der Waals surface area contributed by atoms with Crippen LogP contribution in [-0.4, -0.2) is 70.2 Å². The molecule has 0 radical (unpaired) electrons. The smallest absolute Gasteiger partial charge is 0.657 e. The first kappa shape index (κ1) is 42.4. The molecule has 5 rings (SSSR count). The Bertz CT molecular complexity index is 2290. The van der Waals surface area contributed by atoms with E-state index in [0.717, 1.165) is 22.3 Å². The molecular weight excluding hydrogens is 801 g/mol. The molecular formula is C40H43N5O9Pd. The number of carboxylic acids is 2. The summed E-state index contributed by atoms with van der Waals surface area (Å²) in [4.78, 5) is 83.2. The van der Waals surface area contributed by atoms with Crippen molar-refractivity contribution < 1.29 is 64.1 Å². The van der Waals surface area contributed by atoms with E-state index in [9.17, 15) is 34.2 Å². The fourth-order valence-electron chi connectivity index (χ4n) is 7.18. The molecule has 14 nitrogen and oxygen atoms in total. The molecule has 3 aromatic rings. The number of aliphatic carboxylic acids is 2. The Labute approximate surface area is 331 Å². The molecule has 0 aliphatic carbocycles. The summed E-state index contributed by atoms with van der Waals surface area (Å²) in [7, 11) is 2.51. The quantitative estimate of drug-likeness (QED) is 0.161. The van der Waals surface area contributed by atoms with Gasteiger partial charge in [-0.15, -0.1) is 22.1 Å². The van der Waals surface area contributed by atoms with Gasteiger partial charge < -0.3 is 35.0 Å². The minimum atomic E-state index is -1.74. The van der Waals surface area contributed by atoms with Crippen LogP contribution in [0.15, 0.2) is 30.9 Å². The van der Waals surface area contributed by atoms with Gasteiger partial charge in [0.1, 0.15) is 6.04 Å². The molecule has 3 aromatic heterocycles. The molecule has 2 aliphatic heterocycles. The molecule has 3 N–H and O–H groups in total. The molecule has 0 aromatic carbocycles. The third-order valence-electron chi connectivity index (χ3n) is 10.2. The normalized spacial score (nSPS) is 15.5. The van der Waals surface area contributed by atoms with Crippen molar-refractivity contribution in [2.24, 2.45) is 0 Å². The summed E-state index contributed by atoms with van der Waals surface area (Å²) >= 11 is 0. The zero-order chi connectivity index (χ0) is 39.6. The van der Waals surface area contributed by atoms with Crippen LogP contribution in [0.5, 0.6) is 0 Å². The second-order valence-corrected chi connectivity index (χ2v) is 13.4. The van der Waals surface area contributed by atoms with Crippen molar-refractivity contribution in [2.75, 3.05) is 14.2 Å². The Morgan fingerprint density at radius 3 is 2.24 bits per heavy atom. The first-order chi connectivity index (χ1) is 25.6. The summed E-state index contributed by atoms with van der Waals surface area (Å²) in [6.45, 7) is 13.6. The molecule has 3 atom stereocenters. The largest absolute Gasteiger partial charge is 2.00 e. The number of hydrogen-bond donors (Lipinski definition) is 3. The third kappa shape index (κ3) is 8.48. The minimum absolute atomic E-state index is 0. The standard InChI is InChI=1S/C40H45N5O9.Pd/c1-9-22-18(3)26-14-28-20(5)24(11-12-35(49)53-7)37(44-28)25(13-33(46)43-32(39(50)51)17-34(47)48)38-36(40(52)54-8)21(6)29(45-38)16-31-23(10-2)19(4)27(42-31)15-30(22)41-26;/h9,14-16,20,24,32H,1,10-13,17H2,2-8H3,(H5,41,42,43,44,45,46,47,48,50,51,52);/q;+2/p-2/t20-,24-,32-;/m0./s1. The van der Waals surface area contributed by atoms with E-state index in [2.05, 4.69) is 11.9 Å². The van der Waals surface area contributed by atoms with Gasteiger partial charge in [-0.2, -0.15) is 0 Å². The second kappa shape index (κ2) is 17.4. The number of carbonyl (C=O) groups is 5. The summed E-state index contributed by atoms with van der Waals surface area (Å²) in [5, 5.41) is 21.3. The first-order valence-electron chi connectivity index (χ1n) is 17.5. The van der Waals surface area contributed by atoms with Crippen molar-refractivity contribution in [3.63, 3.8) is 0 Å². The molecule has 2 aliphatic rings. The van der Waals surface area contributed by atoms with E-state index in [-0.39, 0.29) is 55.8 Å². The van der Waals surface area contributed by atoms with Crippen LogP contribution < -0.4 is 15.3 Å². The van der Waals surface area contributed by atoms with Gasteiger partial charge in [0.25, 0.3) is 0 Å². The summed E-state index contributed by atoms with van der Waals surface area (Å²) in [6.07, 6.45) is 1.22. The van der Waals surface area contributed by atoms with Crippen molar-refractivity contribution in [3.05, 3.63) is 81.4 Å². The van der Waals surface area contributed by atoms with Gasteiger partial charge in [-0.3, -0.25) is 19.4 Å². The van der Waals surface area contributed by atoms with Gasteiger partial charge in [0.2, 0.25) is 5.91 Å². The average molecular weight is 844 g/mol. The van der Waals surface area contributed by atoms with E-state index < -0.39 is 54.6 Å². The number of allylic oxidation sites excluding steroid dienone is 3. The van der Waals surface area contributed by atoms with Crippen LogP contribution in [0.25, 0.3) is 33.2 Å². The van der Waals surface area contributed by atoms with Gasteiger partial charge in [0, 0.05) is 40.8 Å². The molecule has 15 heteroatoms. The van der Waals surface area contributed by atoms with E-state index in [1.54, 1.807) is 19.1 Å². The van der Waals surface area contributed by atoms with Crippen molar-refractivity contribution in [1.29, 1.82) is 0 Å². The molecule has 1 amide bonds. The van der Waals surface area contributed by atoms with Gasteiger partial charge >= 0.3 is 44.3 Å².